The first-order valence-corrected chi connectivity index (χ1v) is 8.46. The molecule has 1 amide bonds. The van der Waals surface area contributed by atoms with E-state index in [1.54, 1.807) is 12.1 Å². The molecule has 24 heavy (non-hydrogen) atoms. The third-order valence-electron chi connectivity index (χ3n) is 3.59. The largest absolute Gasteiger partial charge is 0.449 e. The number of carbonyl (C=O) groups is 1. The van der Waals surface area contributed by atoms with Gasteiger partial charge in [-0.2, -0.15) is 5.10 Å². The number of nitrogens with zero attached hydrogens (tertiary/aromatic N) is 2. The molecule has 0 bridgehead atoms. The van der Waals surface area contributed by atoms with Gasteiger partial charge < -0.3 is 8.98 Å². The van der Waals surface area contributed by atoms with Gasteiger partial charge in [-0.25, -0.2) is 5.43 Å². The number of furan rings is 1. The summed E-state index contributed by atoms with van der Waals surface area (Å²) >= 11 is 2.07. The van der Waals surface area contributed by atoms with Crippen molar-refractivity contribution in [2.24, 2.45) is 5.10 Å². The Bertz CT molecular complexity index is 889. The monoisotopic (exact) mass is 433 g/mol. The van der Waals surface area contributed by atoms with E-state index in [-0.39, 0.29) is 5.91 Å². The second kappa shape index (κ2) is 7.04. The molecule has 0 aliphatic rings. The Morgan fingerprint density at radius 1 is 1.17 bits per heavy atom. The van der Waals surface area contributed by atoms with E-state index in [4.69, 9.17) is 4.42 Å². The number of benzene rings is 1. The highest BCUT2D eigenvalue weighted by Crippen LogP contribution is 2.17. The van der Waals surface area contributed by atoms with Crippen LogP contribution in [0, 0.1) is 17.6 Å². The smallest absolute Gasteiger partial charge is 0.271 e. The number of nitrogens with one attached hydrogen (secondary N) is 1. The SMILES string of the molecule is Cc1ccc(C)n1-c1cccc(C(=O)N/N=C\c2ccc(I)o2)c1. The molecule has 3 aromatic rings. The van der Waals surface area contributed by atoms with Gasteiger partial charge in [0.25, 0.3) is 5.91 Å². The van der Waals surface area contributed by atoms with E-state index >= 15 is 0 Å². The summed E-state index contributed by atoms with van der Waals surface area (Å²) < 4.78 is 8.22. The average Bonchev–Trinajstić information content (AvgIpc) is 3.13. The van der Waals surface area contributed by atoms with Crippen LogP contribution in [0.3, 0.4) is 0 Å². The zero-order valence-electron chi connectivity index (χ0n) is 13.3. The second-order valence-corrected chi connectivity index (χ2v) is 6.41. The molecule has 122 valence electrons. The third-order valence-corrected chi connectivity index (χ3v) is 4.17. The second-order valence-electron chi connectivity index (χ2n) is 5.34. The summed E-state index contributed by atoms with van der Waals surface area (Å²) in [7, 11) is 0. The molecule has 0 saturated carbocycles. The van der Waals surface area contributed by atoms with E-state index in [0.717, 1.165) is 20.8 Å². The molecule has 1 N–H and O–H groups in total. The van der Waals surface area contributed by atoms with Crippen LogP contribution in [-0.4, -0.2) is 16.7 Å². The molecule has 2 heterocycles. The summed E-state index contributed by atoms with van der Waals surface area (Å²) in [6.07, 6.45) is 1.48. The maximum atomic E-state index is 12.3. The van der Waals surface area contributed by atoms with Gasteiger partial charge in [0.15, 0.2) is 3.77 Å². The summed E-state index contributed by atoms with van der Waals surface area (Å²) in [4.78, 5) is 12.3. The van der Waals surface area contributed by atoms with Crippen molar-refractivity contribution in [3.63, 3.8) is 0 Å². The van der Waals surface area contributed by atoms with Crippen molar-refractivity contribution in [1.29, 1.82) is 0 Å². The van der Waals surface area contributed by atoms with Crippen molar-refractivity contribution >= 4 is 34.7 Å². The molecule has 0 fully saturated rings. The maximum Gasteiger partial charge on any atom is 0.271 e. The van der Waals surface area contributed by atoms with Crippen molar-refractivity contribution < 1.29 is 9.21 Å². The minimum Gasteiger partial charge on any atom is -0.449 e. The number of amides is 1. The van der Waals surface area contributed by atoms with Crippen LogP contribution in [0.2, 0.25) is 0 Å². The lowest BCUT2D eigenvalue weighted by Crippen LogP contribution is -2.17. The predicted molar refractivity (Wildman–Crippen MR) is 102 cm³/mol. The van der Waals surface area contributed by atoms with Crippen molar-refractivity contribution in [1.82, 2.24) is 9.99 Å². The highest BCUT2D eigenvalue weighted by Gasteiger charge is 2.08. The van der Waals surface area contributed by atoms with Gasteiger partial charge in [-0.15, -0.1) is 0 Å². The normalized spacial score (nSPS) is 11.1. The zero-order valence-corrected chi connectivity index (χ0v) is 15.4. The fourth-order valence-corrected chi connectivity index (χ4v) is 2.91. The van der Waals surface area contributed by atoms with Gasteiger partial charge in [-0.05, 0) is 78.9 Å². The van der Waals surface area contributed by atoms with Crippen LogP contribution in [-0.2, 0) is 0 Å². The molecule has 0 aliphatic carbocycles. The molecule has 6 heteroatoms. The molecule has 0 radical (unpaired) electrons. The van der Waals surface area contributed by atoms with Gasteiger partial charge in [0.2, 0.25) is 0 Å². The van der Waals surface area contributed by atoms with Crippen molar-refractivity contribution in [2.75, 3.05) is 0 Å². The minimum absolute atomic E-state index is 0.267. The Balaban J connectivity index is 1.76. The Kier molecular flexibility index (Phi) is 4.84. The Hall–Kier alpha value is -2.35. The number of hydrazone groups is 1. The van der Waals surface area contributed by atoms with Gasteiger partial charge in [0.05, 0.1) is 6.21 Å². The van der Waals surface area contributed by atoms with E-state index in [9.17, 15) is 4.79 Å². The molecule has 5 nitrogen and oxygen atoms in total. The highest BCUT2D eigenvalue weighted by atomic mass is 127. The fraction of sp³-hybridized carbons (Fsp3) is 0.111. The molecular weight excluding hydrogens is 417 g/mol. The van der Waals surface area contributed by atoms with Gasteiger partial charge in [0.1, 0.15) is 5.76 Å². The molecular formula is C18H16IN3O2. The van der Waals surface area contributed by atoms with E-state index in [0.29, 0.717) is 11.3 Å². The lowest BCUT2D eigenvalue weighted by molar-refractivity contribution is 0.0955. The number of aryl methyl sites for hydroxylation is 2. The lowest BCUT2D eigenvalue weighted by Gasteiger charge is -2.10. The Labute approximate surface area is 153 Å². The third kappa shape index (κ3) is 3.59. The predicted octanol–water partition coefficient (Wildman–Crippen LogP) is 4.06. The van der Waals surface area contributed by atoms with Crippen LogP contribution in [0.1, 0.15) is 27.5 Å². The first-order valence-electron chi connectivity index (χ1n) is 7.39. The molecule has 2 aromatic heterocycles. The molecule has 1 aromatic carbocycles. The number of carbonyl (C=O) groups excluding carboxylic acids is 1. The first-order chi connectivity index (χ1) is 11.5. The molecule has 0 saturated heterocycles. The lowest BCUT2D eigenvalue weighted by atomic mass is 10.2. The topological polar surface area (TPSA) is 59.5 Å². The van der Waals surface area contributed by atoms with Gasteiger partial charge >= 0.3 is 0 Å². The molecule has 0 unspecified atom stereocenters. The fourth-order valence-electron chi connectivity index (χ4n) is 2.48. The van der Waals surface area contributed by atoms with Gasteiger partial charge in [0, 0.05) is 22.6 Å². The standard InChI is InChI=1S/C18H16IN3O2/c1-12-6-7-13(2)22(12)15-5-3-4-14(10-15)18(23)21-20-11-16-8-9-17(19)24-16/h3-11H,1-2H3,(H,21,23)/b20-11-. The molecule has 0 atom stereocenters. The Morgan fingerprint density at radius 3 is 2.58 bits per heavy atom. The highest BCUT2D eigenvalue weighted by molar-refractivity contribution is 14.1. The quantitative estimate of drug-likeness (QED) is 0.384. The van der Waals surface area contributed by atoms with Crippen molar-refractivity contribution in [3.05, 3.63) is 75.0 Å². The average molecular weight is 433 g/mol. The number of aromatic nitrogens is 1. The summed E-state index contributed by atoms with van der Waals surface area (Å²) in [5.74, 6) is 0.323. The van der Waals surface area contributed by atoms with Crippen molar-refractivity contribution in [2.45, 2.75) is 13.8 Å². The summed E-state index contributed by atoms with van der Waals surface area (Å²) in [6.45, 7) is 4.07. The number of hydrogen-bond donors (Lipinski definition) is 1. The Morgan fingerprint density at radius 2 is 1.92 bits per heavy atom. The van der Waals surface area contributed by atoms with E-state index in [2.05, 4.69) is 49.8 Å². The molecule has 3 rings (SSSR count). The van der Waals surface area contributed by atoms with E-state index in [1.807, 2.05) is 38.1 Å². The minimum atomic E-state index is -0.267. The van der Waals surface area contributed by atoms with E-state index < -0.39 is 0 Å². The van der Waals surface area contributed by atoms with Crippen LogP contribution in [0.25, 0.3) is 5.69 Å². The number of hydrogen-bond acceptors (Lipinski definition) is 3. The van der Waals surface area contributed by atoms with Crippen LogP contribution in [0.15, 0.2) is 58.0 Å². The maximum absolute atomic E-state index is 12.3. The van der Waals surface area contributed by atoms with Crippen molar-refractivity contribution in [3.8, 4) is 5.69 Å². The summed E-state index contributed by atoms with van der Waals surface area (Å²) in [6, 6.07) is 15.2. The summed E-state index contributed by atoms with van der Waals surface area (Å²) in [5.41, 5.74) is 6.26. The first kappa shape index (κ1) is 16.5. The van der Waals surface area contributed by atoms with Gasteiger partial charge in [-0.1, -0.05) is 6.07 Å². The zero-order chi connectivity index (χ0) is 17.1. The van der Waals surface area contributed by atoms with E-state index in [1.165, 1.54) is 6.21 Å². The van der Waals surface area contributed by atoms with Crippen LogP contribution in [0.5, 0.6) is 0 Å². The molecule has 0 spiro atoms. The summed E-state index contributed by atoms with van der Waals surface area (Å²) in [5, 5.41) is 3.93. The van der Waals surface area contributed by atoms with Crippen LogP contribution in [0.4, 0.5) is 0 Å². The van der Waals surface area contributed by atoms with Gasteiger partial charge in [-0.3, -0.25) is 4.79 Å². The van der Waals surface area contributed by atoms with Crippen LogP contribution < -0.4 is 5.43 Å². The number of rotatable bonds is 4. The van der Waals surface area contributed by atoms with Crippen LogP contribution >= 0.6 is 22.6 Å². The number of halogens is 1. The molecule has 0 aliphatic heterocycles.